The molecule has 1 unspecified atom stereocenters. The van der Waals surface area contributed by atoms with Gasteiger partial charge in [-0.05, 0) is 92.1 Å². The Hall–Kier alpha value is -4.14. The van der Waals surface area contributed by atoms with Crippen molar-refractivity contribution in [3.05, 3.63) is 83.9 Å². The summed E-state index contributed by atoms with van der Waals surface area (Å²) in [6.45, 7) is 1.96. The van der Waals surface area contributed by atoms with E-state index in [1.165, 1.54) is 0 Å². The molecule has 1 fully saturated rings. The van der Waals surface area contributed by atoms with Gasteiger partial charge in [0.2, 0.25) is 0 Å². The largest absolute Gasteiger partial charge is 0.508 e. The lowest BCUT2D eigenvalue weighted by Crippen LogP contribution is -2.41. The highest BCUT2D eigenvalue weighted by molar-refractivity contribution is 6.15. The molecule has 3 aromatic carbocycles. The van der Waals surface area contributed by atoms with Gasteiger partial charge in [-0.1, -0.05) is 5.16 Å². The maximum absolute atomic E-state index is 13.8. The summed E-state index contributed by atoms with van der Waals surface area (Å²) in [4.78, 5) is 15.8. The van der Waals surface area contributed by atoms with Crippen LogP contribution in [0.25, 0.3) is 22.6 Å². The van der Waals surface area contributed by atoms with E-state index in [1.54, 1.807) is 67.8 Å². The molecule has 1 saturated heterocycles. The van der Waals surface area contributed by atoms with E-state index in [-0.39, 0.29) is 11.5 Å². The monoisotopic (exact) mass is 514 g/mol. The van der Waals surface area contributed by atoms with Gasteiger partial charge in [-0.15, -0.1) is 0 Å². The maximum atomic E-state index is 13.8. The van der Waals surface area contributed by atoms with Crippen LogP contribution in [0.5, 0.6) is 17.2 Å². The van der Waals surface area contributed by atoms with Crippen LogP contribution in [0, 0.1) is 0 Å². The lowest BCUT2D eigenvalue weighted by molar-refractivity contribution is -0.0292. The predicted octanol–water partition coefficient (Wildman–Crippen LogP) is 5.14. The predicted molar refractivity (Wildman–Crippen MR) is 142 cm³/mol. The number of aliphatic hydroxyl groups is 1. The standard InChI is InChI=1S/C30H30N2O6/c1-36-24-13-9-22(10-14-24)30-27(28(31-38-30)20-5-11-23(33)12-6-20)29(35)21-7-15-25(16-8-21)37-19-18-32-17-3-2-4-26(32)34/h5-16,26,33-34H,2-4,17-19H2,1H3. The van der Waals surface area contributed by atoms with E-state index in [1.807, 2.05) is 17.0 Å². The van der Waals surface area contributed by atoms with E-state index in [0.717, 1.165) is 25.8 Å². The number of rotatable bonds is 9. The van der Waals surface area contributed by atoms with Crippen LogP contribution >= 0.6 is 0 Å². The number of ketones is 1. The molecule has 0 amide bonds. The Balaban J connectivity index is 1.39. The molecule has 8 heteroatoms. The van der Waals surface area contributed by atoms with Gasteiger partial charge in [-0.2, -0.15) is 0 Å². The summed E-state index contributed by atoms with van der Waals surface area (Å²) >= 11 is 0. The third-order valence-electron chi connectivity index (χ3n) is 6.75. The summed E-state index contributed by atoms with van der Waals surface area (Å²) in [6.07, 6.45) is 2.53. The summed E-state index contributed by atoms with van der Waals surface area (Å²) in [5.74, 6) is 1.55. The zero-order valence-corrected chi connectivity index (χ0v) is 21.2. The Morgan fingerprint density at radius 2 is 1.66 bits per heavy atom. The van der Waals surface area contributed by atoms with E-state index in [4.69, 9.17) is 14.0 Å². The van der Waals surface area contributed by atoms with Crippen LogP contribution in [0.15, 0.2) is 77.3 Å². The molecule has 38 heavy (non-hydrogen) atoms. The number of hydrogen-bond donors (Lipinski definition) is 2. The Bertz CT molecular complexity index is 1360. The number of aliphatic hydroxyl groups excluding tert-OH is 1. The van der Waals surface area contributed by atoms with E-state index >= 15 is 0 Å². The van der Waals surface area contributed by atoms with E-state index in [9.17, 15) is 15.0 Å². The fraction of sp³-hybridized carbons (Fsp3) is 0.267. The molecule has 196 valence electrons. The highest BCUT2D eigenvalue weighted by atomic mass is 16.5. The Morgan fingerprint density at radius 3 is 2.34 bits per heavy atom. The number of phenols is 1. The van der Waals surface area contributed by atoms with Crippen molar-refractivity contribution in [3.8, 4) is 39.8 Å². The second kappa shape index (κ2) is 11.5. The first-order valence-corrected chi connectivity index (χ1v) is 12.7. The van der Waals surface area contributed by atoms with Crippen molar-refractivity contribution in [2.24, 2.45) is 0 Å². The molecule has 5 rings (SSSR count). The van der Waals surface area contributed by atoms with Crippen LogP contribution in [-0.4, -0.2) is 59.1 Å². The molecule has 1 aliphatic heterocycles. The van der Waals surface area contributed by atoms with Crippen LogP contribution in [0.1, 0.15) is 35.2 Å². The second-order valence-corrected chi connectivity index (χ2v) is 9.23. The summed E-state index contributed by atoms with van der Waals surface area (Å²) in [5.41, 5.74) is 2.51. The van der Waals surface area contributed by atoms with Crippen LogP contribution in [0.2, 0.25) is 0 Å². The van der Waals surface area contributed by atoms with E-state index < -0.39 is 6.23 Å². The second-order valence-electron chi connectivity index (χ2n) is 9.23. The summed E-state index contributed by atoms with van der Waals surface area (Å²) in [7, 11) is 1.59. The Labute approximate surface area is 221 Å². The van der Waals surface area contributed by atoms with Gasteiger partial charge in [0.25, 0.3) is 0 Å². The summed E-state index contributed by atoms with van der Waals surface area (Å²) in [6, 6.07) is 20.7. The summed E-state index contributed by atoms with van der Waals surface area (Å²) < 4.78 is 16.8. The molecular formula is C30H30N2O6. The van der Waals surface area contributed by atoms with E-state index in [2.05, 4.69) is 5.16 Å². The average Bonchev–Trinajstić information content (AvgIpc) is 3.40. The summed E-state index contributed by atoms with van der Waals surface area (Å²) in [5, 5.41) is 24.1. The molecule has 2 N–H and O–H groups in total. The first-order valence-electron chi connectivity index (χ1n) is 12.7. The Kier molecular flexibility index (Phi) is 7.72. The lowest BCUT2D eigenvalue weighted by Gasteiger charge is -2.31. The molecule has 8 nitrogen and oxygen atoms in total. The van der Waals surface area contributed by atoms with Gasteiger partial charge < -0.3 is 24.2 Å². The molecule has 0 aliphatic carbocycles. The molecule has 0 saturated carbocycles. The van der Waals surface area contributed by atoms with Gasteiger partial charge in [-0.25, -0.2) is 0 Å². The zero-order valence-electron chi connectivity index (χ0n) is 21.2. The molecular weight excluding hydrogens is 484 g/mol. The molecule has 0 radical (unpaired) electrons. The first kappa shape index (κ1) is 25.5. The average molecular weight is 515 g/mol. The number of benzene rings is 3. The van der Waals surface area contributed by atoms with Gasteiger partial charge in [-0.3, -0.25) is 9.69 Å². The molecule has 1 atom stereocenters. The zero-order chi connectivity index (χ0) is 26.5. The van der Waals surface area contributed by atoms with Crippen LogP contribution in [0.3, 0.4) is 0 Å². The van der Waals surface area contributed by atoms with Crippen molar-refractivity contribution in [1.82, 2.24) is 10.1 Å². The maximum Gasteiger partial charge on any atom is 0.199 e. The molecule has 2 heterocycles. The number of piperidine rings is 1. The van der Waals surface area contributed by atoms with Gasteiger partial charge >= 0.3 is 0 Å². The fourth-order valence-corrected chi connectivity index (χ4v) is 4.62. The molecule has 4 aromatic rings. The lowest BCUT2D eigenvalue weighted by atomic mass is 9.95. The molecule has 0 spiro atoms. The normalized spacial score (nSPS) is 15.8. The first-order chi connectivity index (χ1) is 18.5. The number of carbonyl (C=O) groups is 1. The van der Waals surface area contributed by atoms with Crippen LogP contribution < -0.4 is 9.47 Å². The van der Waals surface area contributed by atoms with Crippen molar-refractivity contribution in [1.29, 1.82) is 0 Å². The van der Waals surface area contributed by atoms with Gasteiger partial charge in [0, 0.05) is 29.8 Å². The number of nitrogens with zero attached hydrogens (tertiary/aromatic N) is 2. The third-order valence-corrected chi connectivity index (χ3v) is 6.75. The minimum Gasteiger partial charge on any atom is -0.508 e. The van der Waals surface area contributed by atoms with Crippen LogP contribution in [-0.2, 0) is 0 Å². The van der Waals surface area contributed by atoms with Crippen molar-refractivity contribution in [2.75, 3.05) is 26.8 Å². The Morgan fingerprint density at radius 1 is 0.974 bits per heavy atom. The highest BCUT2D eigenvalue weighted by Gasteiger charge is 2.26. The number of carbonyl (C=O) groups excluding carboxylic acids is 1. The third kappa shape index (κ3) is 5.56. The topological polar surface area (TPSA) is 105 Å². The molecule has 1 aliphatic rings. The van der Waals surface area contributed by atoms with Gasteiger partial charge in [0.15, 0.2) is 11.5 Å². The van der Waals surface area contributed by atoms with Gasteiger partial charge in [0.1, 0.15) is 35.8 Å². The minimum absolute atomic E-state index is 0.117. The number of methoxy groups -OCH3 is 1. The van der Waals surface area contributed by atoms with Gasteiger partial charge in [0.05, 0.1) is 12.7 Å². The fourth-order valence-electron chi connectivity index (χ4n) is 4.62. The minimum atomic E-state index is -0.404. The number of likely N-dealkylation sites (tertiary alicyclic amines) is 1. The molecule has 0 bridgehead atoms. The van der Waals surface area contributed by atoms with Crippen molar-refractivity contribution < 1.29 is 29.0 Å². The number of ether oxygens (including phenoxy) is 2. The smallest absolute Gasteiger partial charge is 0.199 e. The van der Waals surface area contributed by atoms with Crippen LogP contribution in [0.4, 0.5) is 0 Å². The highest BCUT2D eigenvalue weighted by Crippen LogP contribution is 2.35. The molecule has 1 aromatic heterocycles. The number of hydrogen-bond acceptors (Lipinski definition) is 8. The number of aromatic hydroxyl groups is 1. The number of aromatic nitrogens is 1. The quantitative estimate of drug-likeness (QED) is 0.296. The van der Waals surface area contributed by atoms with Crippen molar-refractivity contribution in [2.45, 2.75) is 25.5 Å². The number of phenolic OH excluding ortho intramolecular Hbond substituents is 1. The van der Waals surface area contributed by atoms with Crippen molar-refractivity contribution in [3.63, 3.8) is 0 Å². The van der Waals surface area contributed by atoms with E-state index in [0.29, 0.717) is 58.4 Å². The SMILES string of the molecule is COc1ccc(-c2onc(-c3ccc(O)cc3)c2C(=O)c2ccc(OCCN3CCCCC3O)cc2)cc1. The van der Waals surface area contributed by atoms with Crippen molar-refractivity contribution >= 4 is 5.78 Å².